The van der Waals surface area contributed by atoms with Gasteiger partial charge in [0.25, 0.3) is 0 Å². The largest absolute Gasteiger partial charge is 0.497 e. The predicted octanol–water partition coefficient (Wildman–Crippen LogP) is 7.70. The Morgan fingerprint density at radius 3 is 2.21 bits per heavy atom. The lowest BCUT2D eigenvalue weighted by atomic mass is 9.88. The van der Waals surface area contributed by atoms with Gasteiger partial charge in [-0.3, -0.25) is 0 Å². The number of aliphatic hydroxyl groups is 1. The minimum absolute atomic E-state index is 0.0558. The molecule has 0 spiro atoms. The first-order valence-electron chi connectivity index (χ1n) is 14.5. The van der Waals surface area contributed by atoms with E-state index in [2.05, 4.69) is 0 Å². The first-order valence-corrected chi connectivity index (χ1v) is 14.5. The first-order chi connectivity index (χ1) is 20.7. The van der Waals surface area contributed by atoms with Crippen molar-refractivity contribution in [3.05, 3.63) is 95.1 Å². The molecule has 6 rings (SSSR count). The lowest BCUT2D eigenvalue weighted by molar-refractivity contribution is -0.137. The third-order valence-corrected chi connectivity index (χ3v) is 8.37. The number of fused-ring (bicyclic) bond motifs is 1. The van der Waals surface area contributed by atoms with E-state index in [9.17, 15) is 18.3 Å². The molecule has 224 valence electrons. The predicted molar refractivity (Wildman–Crippen MR) is 161 cm³/mol. The van der Waals surface area contributed by atoms with Gasteiger partial charge < -0.3 is 24.2 Å². The van der Waals surface area contributed by atoms with E-state index in [1.54, 1.807) is 26.4 Å². The van der Waals surface area contributed by atoms with Crippen molar-refractivity contribution in [3.8, 4) is 39.5 Å². The van der Waals surface area contributed by atoms with Gasteiger partial charge in [0.15, 0.2) is 0 Å². The van der Waals surface area contributed by atoms with Crippen LogP contribution in [0.25, 0.3) is 22.3 Å². The number of halogens is 3. The van der Waals surface area contributed by atoms with E-state index in [-0.39, 0.29) is 12.2 Å². The van der Waals surface area contributed by atoms with E-state index in [1.165, 1.54) is 6.07 Å². The van der Waals surface area contributed by atoms with E-state index in [0.717, 1.165) is 46.7 Å². The maximum absolute atomic E-state index is 14.7. The molecule has 0 radical (unpaired) electrons. The Morgan fingerprint density at radius 1 is 0.837 bits per heavy atom. The number of aliphatic hydroxyl groups excluding tert-OH is 1. The van der Waals surface area contributed by atoms with Gasteiger partial charge in [-0.05, 0) is 95.5 Å². The van der Waals surface area contributed by atoms with Crippen LogP contribution in [-0.4, -0.2) is 38.5 Å². The number of β-amino-alcohol motifs (C(OH)–C–C–N with tert-alkyl or cyclic N) is 1. The van der Waals surface area contributed by atoms with Crippen molar-refractivity contribution in [2.24, 2.45) is 0 Å². The second-order valence-corrected chi connectivity index (χ2v) is 11.1. The highest BCUT2D eigenvalue weighted by Gasteiger charge is 2.36. The molecule has 0 unspecified atom stereocenters. The highest BCUT2D eigenvalue weighted by atomic mass is 19.4. The lowest BCUT2D eigenvalue weighted by Crippen LogP contribution is -2.21. The van der Waals surface area contributed by atoms with E-state index in [4.69, 9.17) is 14.2 Å². The Hall–Kier alpha value is -4.17. The molecule has 1 heterocycles. The molecular weight excluding hydrogens is 555 g/mol. The number of anilines is 1. The molecule has 1 saturated heterocycles. The average molecular weight is 590 g/mol. The van der Waals surface area contributed by atoms with Gasteiger partial charge in [0.05, 0.1) is 25.9 Å². The van der Waals surface area contributed by atoms with Crippen LogP contribution >= 0.6 is 0 Å². The van der Waals surface area contributed by atoms with Gasteiger partial charge >= 0.3 is 6.18 Å². The summed E-state index contributed by atoms with van der Waals surface area (Å²) in [6.07, 6.45) is -2.18. The maximum Gasteiger partial charge on any atom is 0.417 e. The Kier molecular flexibility index (Phi) is 7.97. The normalized spacial score (nSPS) is 16.3. The van der Waals surface area contributed by atoms with Gasteiger partial charge in [0.1, 0.15) is 23.9 Å². The fourth-order valence-electron chi connectivity index (χ4n) is 6.24. The summed E-state index contributed by atoms with van der Waals surface area (Å²) in [6.45, 7) is 1.18. The van der Waals surface area contributed by atoms with Crippen LogP contribution in [0.1, 0.15) is 35.1 Å². The maximum atomic E-state index is 14.7. The van der Waals surface area contributed by atoms with Crippen LogP contribution in [0.2, 0.25) is 0 Å². The number of hydrogen-bond donors (Lipinski definition) is 1. The van der Waals surface area contributed by atoms with Crippen LogP contribution in [0, 0.1) is 0 Å². The Labute approximate surface area is 249 Å². The van der Waals surface area contributed by atoms with E-state index in [0.29, 0.717) is 54.4 Å². The van der Waals surface area contributed by atoms with Crippen LogP contribution in [0.3, 0.4) is 0 Å². The average Bonchev–Trinajstić information content (AvgIpc) is 3.68. The zero-order chi connectivity index (χ0) is 30.1. The molecule has 4 aromatic carbocycles. The molecule has 0 aromatic heterocycles. The van der Waals surface area contributed by atoms with Crippen LogP contribution in [0.15, 0.2) is 72.8 Å². The molecule has 0 amide bonds. The molecule has 1 fully saturated rings. The zero-order valence-electron chi connectivity index (χ0n) is 24.2. The van der Waals surface area contributed by atoms with Gasteiger partial charge in [0, 0.05) is 30.4 Å². The second-order valence-electron chi connectivity index (χ2n) is 11.1. The standard InChI is InChI=1S/C35H34F3NO4/c1-41-26-15-23(16-27(18-26)42-2)30-19-32(34(29-10-6-9-28(29)30)43-21-22-7-4-3-5-8-22)31-17-24(39-14-13-25(40)20-39)11-12-33(31)35(36,37)38/h3-5,7-8,11-12,15-19,25,40H,6,9-10,13-14,20-21H2,1-2H3/t25-/m0/s1. The Balaban J connectivity index is 1.59. The molecular formula is C35H34F3NO4. The fraction of sp³-hybridized carbons (Fsp3) is 0.314. The molecule has 1 aliphatic heterocycles. The summed E-state index contributed by atoms with van der Waals surface area (Å²) in [5.41, 5.74) is 4.92. The molecule has 5 nitrogen and oxygen atoms in total. The number of rotatable bonds is 8. The summed E-state index contributed by atoms with van der Waals surface area (Å²) in [6, 6.07) is 21.3. The monoisotopic (exact) mass is 589 g/mol. The molecule has 2 aliphatic rings. The van der Waals surface area contributed by atoms with Crippen LogP contribution in [0.5, 0.6) is 17.2 Å². The van der Waals surface area contributed by atoms with E-state index in [1.807, 2.05) is 53.4 Å². The summed E-state index contributed by atoms with van der Waals surface area (Å²) >= 11 is 0. The van der Waals surface area contributed by atoms with Crippen LogP contribution in [0.4, 0.5) is 18.9 Å². The van der Waals surface area contributed by atoms with Crippen LogP contribution < -0.4 is 19.1 Å². The minimum Gasteiger partial charge on any atom is -0.497 e. The number of alkyl halides is 3. The number of methoxy groups -OCH3 is 2. The van der Waals surface area contributed by atoms with E-state index >= 15 is 0 Å². The van der Waals surface area contributed by atoms with Crippen molar-refractivity contribution in [2.75, 3.05) is 32.2 Å². The van der Waals surface area contributed by atoms with Crippen molar-refractivity contribution in [1.82, 2.24) is 0 Å². The van der Waals surface area contributed by atoms with Crippen molar-refractivity contribution in [2.45, 2.75) is 44.6 Å². The van der Waals surface area contributed by atoms with Gasteiger partial charge in [0.2, 0.25) is 0 Å². The highest BCUT2D eigenvalue weighted by Crippen LogP contribution is 2.49. The molecule has 8 heteroatoms. The van der Waals surface area contributed by atoms with E-state index < -0.39 is 17.8 Å². The molecule has 43 heavy (non-hydrogen) atoms. The van der Waals surface area contributed by atoms with Crippen LogP contribution in [-0.2, 0) is 25.6 Å². The molecule has 0 saturated carbocycles. The number of benzene rings is 4. The fourth-order valence-corrected chi connectivity index (χ4v) is 6.24. The molecule has 1 atom stereocenters. The highest BCUT2D eigenvalue weighted by molar-refractivity contribution is 5.86. The summed E-state index contributed by atoms with van der Waals surface area (Å²) in [5.74, 6) is 1.68. The first kappa shape index (κ1) is 28.9. The summed E-state index contributed by atoms with van der Waals surface area (Å²) in [7, 11) is 3.15. The molecule has 4 aromatic rings. The Morgan fingerprint density at radius 2 is 1.56 bits per heavy atom. The molecule has 1 N–H and O–H groups in total. The third-order valence-electron chi connectivity index (χ3n) is 8.37. The van der Waals surface area contributed by atoms with Gasteiger partial charge in [-0.2, -0.15) is 13.2 Å². The van der Waals surface area contributed by atoms with Crippen molar-refractivity contribution >= 4 is 5.69 Å². The Bertz CT molecular complexity index is 1600. The SMILES string of the molecule is COc1cc(OC)cc(-c2cc(-c3cc(N4CC[C@H](O)C4)ccc3C(F)(F)F)c(OCc3ccccc3)c3c2CCC3)c1. The summed E-state index contributed by atoms with van der Waals surface area (Å²) in [5, 5.41) is 10.1. The summed E-state index contributed by atoms with van der Waals surface area (Å²) in [4.78, 5) is 1.93. The van der Waals surface area contributed by atoms with Crippen molar-refractivity contribution in [3.63, 3.8) is 0 Å². The zero-order valence-corrected chi connectivity index (χ0v) is 24.2. The minimum atomic E-state index is -4.59. The quantitative estimate of drug-likeness (QED) is 0.228. The molecule has 0 bridgehead atoms. The topological polar surface area (TPSA) is 51.2 Å². The smallest absolute Gasteiger partial charge is 0.417 e. The van der Waals surface area contributed by atoms with Crippen molar-refractivity contribution in [1.29, 1.82) is 0 Å². The summed E-state index contributed by atoms with van der Waals surface area (Å²) < 4.78 is 61.5. The lowest BCUT2D eigenvalue weighted by Gasteiger charge is -2.24. The number of nitrogens with zero attached hydrogens (tertiary/aromatic N) is 1. The molecule has 1 aliphatic carbocycles. The number of ether oxygens (including phenoxy) is 3. The van der Waals surface area contributed by atoms with Gasteiger partial charge in [-0.25, -0.2) is 0 Å². The number of hydrogen-bond acceptors (Lipinski definition) is 5. The van der Waals surface area contributed by atoms with Gasteiger partial charge in [-0.1, -0.05) is 30.3 Å². The third kappa shape index (κ3) is 5.89. The van der Waals surface area contributed by atoms with Gasteiger partial charge in [-0.15, -0.1) is 0 Å². The van der Waals surface area contributed by atoms with Crippen molar-refractivity contribution < 1.29 is 32.5 Å². The second kappa shape index (κ2) is 11.8.